The zero-order chi connectivity index (χ0) is 13.2. The average Bonchev–Trinajstić information content (AvgIpc) is 2.78. The monoisotopic (exact) mass is 282 g/mol. The van der Waals surface area contributed by atoms with Crippen molar-refractivity contribution in [2.45, 2.75) is 9.10 Å². The van der Waals surface area contributed by atoms with E-state index in [1.54, 1.807) is 18.2 Å². The van der Waals surface area contributed by atoms with E-state index in [2.05, 4.69) is 0 Å². The molecule has 7 heteroatoms. The lowest BCUT2D eigenvalue weighted by Crippen LogP contribution is -2.28. The SMILES string of the molecule is O=C([O-])Nc1ccc(S(=O)(=O)c2ccccc2)s1. The molecular formula is C11H8NO4S2-. The molecule has 0 atom stereocenters. The molecule has 0 fully saturated rings. The summed E-state index contributed by atoms with van der Waals surface area (Å²) in [5, 5.41) is 12.6. The zero-order valence-electron chi connectivity index (χ0n) is 8.99. The highest BCUT2D eigenvalue weighted by molar-refractivity contribution is 7.93. The maximum atomic E-state index is 12.2. The molecule has 2 aromatic rings. The van der Waals surface area contributed by atoms with Gasteiger partial charge >= 0.3 is 0 Å². The van der Waals surface area contributed by atoms with Crippen LogP contribution in [0.1, 0.15) is 0 Å². The van der Waals surface area contributed by atoms with Gasteiger partial charge in [0.05, 0.1) is 9.90 Å². The van der Waals surface area contributed by atoms with Crippen LogP contribution in [0.15, 0.2) is 51.6 Å². The first-order chi connectivity index (χ1) is 8.50. The van der Waals surface area contributed by atoms with Gasteiger partial charge in [-0.05, 0) is 24.3 Å². The normalized spacial score (nSPS) is 11.1. The summed E-state index contributed by atoms with van der Waals surface area (Å²) in [4.78, 5) is 10.5. The first-order valence-electron chi connectivity index (χ1n) is 4.88. The van der Waals surface area contributed by atoms with Crippen molar-refractivity contribution in [3.8, 4) is 0 Å². The van der Waals surface area contributed by atoms with E-state index in [-0.39, 0.29) is 14.1 Å². The van der Waals surface area contributed by atoms with Crippen molar-refractivity contribution in [1.29, 1.82) is 0 Å². The maximum Gasteiger partial charge on any atom is 0.216 e. The molecule has 0 radical (unpaired) electrons. The summed E-state index contributed by atoms with van der Waals surface area (Å²) in [6.07, 6.45) is -1.47. The molecule has 0 aliphatic rings. The lowest BCUT2D eigenvalue weighted by Gasteiger charge is -2.02. The van der Waals surface area contributed by atoms with Crippen molar-refractivity contribution < 1.29 is 18.3 Å². The summed E-state index contributed by atoms with van der Waals surface area (Å²) in [5.41, 5.74) is 0. The standard InChI is InChI=1S/C11H9NO4S2/c13-11(14)12-9-6-7-10(17-9)18(15,16)8-4-2-1-3-5-8/h1-7,12H,(H,13,14)/p-1. The van der Waals surface area contributed by atoms with Crippen LogP contribution in [0.5, 0.6) is 0 Å². The van der Waals surface area contributed by atoms with Crippen molar-refractivity contribution in [3.05, 3.63) is 42.5 Å². The molecule has 94 valence electrons. The predicted octanol–water partition coefficient (Wildman–Crippen LogP) is 1.34. The summed E-state index contributed by atoms with van der Waals surface area (Å²) in [7, 11) is -3.59. The molecule has 18 heavy (non-hydrogen) atoms. The van der Waals surface area contributed by atoms with Crippen LogP contribution in [0.2, 0.25) is 0 Å². The number of hydrogen-bond acceptors (Lipinski definition) is 5. The molecular weight excluding hydrogens is 274 g/mol. The highest BCUT2D eigenvalue weighted by Crippen LogP contribution is 2.30. The Morgan fingerprint density at radius 1 is 1.11 bits per heavy atom. The van der Waals surface area contributed by atoms with E-state index in [1.165, 1.54) is 24.3 Å². The zero-order valence-corrected chi connectivity index (χ0v) is 10.6. The van der Waals surface area contributed by atoms with Crippen molar-refractivity contribution in [2.75, 3.05) is 5.32 Å². The molecule has 1 aromatic carbocycles. The lowest BCUT2D eigenvalue weighted by molar-refractivity contribution is -0.242. The lowest BCUT2D eigenvalue weighted by atomic mass is 10.4. The van der Waals surface area contributed by atoms with E-state index in [0.29, 0.717) is 0 Å². The Morgan fingerprint density at radius 2 is 1.78 bits per heavy atom. The molecule has 0 aliphatic carbocycles. The molecule has 1 aromatic heterocycles. The van der Waals surface area contributed by atoms with Crippen LogP contribution in [0.4, 0.5) is 9.80 Å². The molecule has 2 rings (SSSR count). The Hall–Kier alpha value is -1.86. The minimum absolute atomic E-state index is 0.0810. The minimum atomic E-state index is -3.59. The Balaban J connectivity index is 2.37. The maximum absolute atomic E-state index is 12.2. The quantitative estimate of drug-likeness (QED) is 0.920. The van der Waals surface area contributed by atoms with Gasteiger partial charge in [-0.15, -0.1) is 11.3 Å². The van der Waals surface area contributed by atoms with Gasteiger partial charge < -0.3 is 15.2 Å². The molecule has 1 amide bonds. The fraction of sp³-hybridized carbons (Fsp3) is 0. The van der Waals surface area contributed by atoms with Crippen LogP contribution in [0.3, 0.4) is 0 Å². The second-order valence-corrected chi connectivity index (χ2v) is 6.61. The molecule has 1 heterocycles. The fourth-order valence-corrected chi connectivity index (χ4v) is 3.96. The number of anilines is 1. The summed E-state index contributed by atoms with van der Waals surface area (Å²) < 4.78 is 24.4. The van der Waals surface area contributed by atoms with E-state index in [1.807, 2.05) is 5.32 Å². The van der Waals surface area contributed by atoms with Crippen molar-refractivity contribution in [1.82, 2.24) is 0 Å². The van der Waals surface area contributed by atoms with Crippen molar-refractivity contribution in [3.63, 3.8) is 0 Å². The molecule has 0 bridgehead atoms. The third-order valence-electron chi connectivity index (χ3n) is 2.12. The Morgan fingerprint density at radius 3 is 2.39 bits per heavy atom. The van der Waals surface area contributed by atoms with E-state index in [0.717, 1.165) is 11.3 Å². The summed E-state index contributed by atoms with van der Waals surface area (Å²) >= 11 is 0.843. The van der Waals surface area contributed by atoms with Gasteiger partial charge in [0.2, 0.25) is 9.84 Å². The number of sulfone groups is 1. The van der Waals surface area contributed by atoms with Crippen molar-refractivity contribution >= 4 is 32.3 Å². The predicted molar refractivity (Wildman–Crippen MR) is 65.2 cm³/mol. The van der Waals surface area contributed by atoms with E-state index >= 15 is 0 Å². The number of carbonyl (C=O) groups is 1. The summed E-state index contributed by atoms with van der Waals surface area (Å²) in [6.45, 7) is 0. The highest BCUT2D eigenvalue weighted by atomic mass is 32.2. The van der Waals surface area contributed by atoms with Crippen molar-refractivity contribution in [2.24, 2.45) is 0 Å². The molecule has 1 N–H and O–H groups in total. The first-order valence-corrected chi connectivity index (χ1v) is 7.18. The molecule has 0 aliphatic heterocycles. The summed E-state index contributed by atoms with van der Waals surface area (Å²) in [5.74, 6) is 0. The van der Waals surface area contributed by atoms with E-state index < -0.39 is 15.9 Å². The average molecular weight is 282 g/mol. The largest absolute Gasteiger partial charge is 0.530 e. The minimum Gasteiger partial charge on any atom is -0.530 e. The van der Waals surface area contributed by atoms with Crippen LogP contribution in [0, 0.1) is 0 Å². The van der Waals surface area contributed by atoms with E-state index in [4.69, 9.17) is 0 Å². The molecule has 0 saturated carbocycles. The number of nitrogens with one attached hydrogen (secondary N) is 1. The van der Waals surface area contributed by atoms with Gasteiger partial charge in [0.15, 0.2) is 0 Å². The Bertz CT molecular complexity index is 661. The third-order valence-corrected chi connectivity index (χ3v) is 5.39. The van der Waals surface area contributed by atoms with Gasteiger partial charge in [0.25, 0.3) is 0 Å². The Labute approximate surface area is 108 Å². The third kappa shape index (κ3) is 2.52. The number of carbonyl (C=O) groups excluding carboxylic acids is 1. The van der Waals surface area contributed by atoms with E-state index in [9.17, 15) is 18.3 Å². The second-order valence-electron chi connectivity index (χ2n) is 3.35. The molecule has 5 nitrogen and oxygen atoms in total. The highest BCUT2D eigenvalue weighted by Gasteiger charge is 2.19. The van der Waals surface area contributed by atoms with Crippen LogP contribution in [0.25, 0.3) is 0 Å². The van der Waals surface area contributed by atoms with Gasteiger partial charge in [0, 0.05) is 0 Å². The molecule has 0 saturated heterocycles. The number of amides is 1. The fourth-order valence-electron chi connectivity index (χ4n) is 1.35. The number of rotatable bonds is 3. The first kappa shape index (κ1) is 12.6. The smallest absolute Gasteiger partial charge is 0.216 e. The van der Waals surface area contributed by atoms with Crippen LogP contribution < -0.4 is 10.4 Å². The Kier molecular flexibility index (Phi) is 3.35. The van der Waals surface area contributed by atoms with Crippen LogP contribution in [-0.4, -0.2) is 14.5 Å². The number of hydrogen-bond donors (Lipinski definition) is 1. The van der Waals surface area contributed by atoms with Crippen LogP contribution >= 0.6 is 11.3 Å². The van der Waals surface area contributed by atoms with Gasteiger partial charge in [-0.25, -0.2) is 8.42 Å². The second kappa shape index (κ2) is 4.79. The number of benzene rings is 1. The topological polar surface area (TPSA) is 86.3 Å². The number of carboxylic acid groups (broad SMARTS) is 1. The van der Waals surface area contributed by atoms with Gasteiger partial charge in [-0.1, -0.05) is 18.2 Å². The number of thiophene rings is 1. The van der Waals surface area contributed by atoms with Gasteiger partial charge in [0.1, 0.15) is 10.3 Å². The molecule has 0 spiro atoms. The van der Waals surface area contributed by atoms with Gasteiger partial charge in [-0.2, -0.15) is 0 Å². The molecule has 0 unspecified atom stereocenters. The van der Waals surface area contributed by atoms with Crippen LogP contribution in [-0.2, 0) is 9.84 Å². The summed E-state index contributed by atoms with van der Waals surface area (Å²) in [6, 6.07) is 10.7. The van der Waals surface area contributed by atoms with Gasteiger partial charge in [-0.3, -0.25) is 0 Å².